The Kier molecular flexibility index (Phi) is 7.40. The maximum Gasteiger partial charge on any atom is 0.257 e. The van der Waals surface area contributed by atoms with E-state index in [1.165, 1.54) is 0 Å². The second-order valence-electron chi connectivity index (χ2n) is 8.45. The summed E-state index contributed by atoms with van der Waals surface area (Å²) in [5.74, 6) is 0.526. The number of carbonyl (C=O) groups excluding carboxylic acids is 2. The first-order valence-electron chi connectivity index (χ1n) is 11.5. The van der Waals surface area contributed by atoms with Crippen LogP contribution in [0.5, 0.6) is 5.75 Å². The van der Waals surface area contributed by atoms with E-state index in [1.807, 2.05) is 78.7 Å². The Balaban J connectivity index is 1.68. The Hall–Kier alpha value is -3.60. The highest BCUT2D eigenvalue weighted by Gasteiger charge is 2.27. The van der Waals surface area contributed by atoms with E-state index in [9.17, 15) is 9.59 Å². The van der Waals surface area contributed by atoms with Gasteiger partial charge in [-0.15, -0.1) is 0 Å². The highest BCUT2D eigenvalue weighted by Crippen LogP contribution is 2.23. The quantitative estimate of drug-likeness (QED) is 0.592. The molecule has 1 heterocycles. The summed E-state index contributed by atoms with van der Waals surface area (Å²) in [7, 11) is 1.82. The van der Waals surface area contributed by atoms with Gasteiger partial charge in [0.2, 0.25) is 0 Å². The molecule has 0 bridgehead atoms. The van der Waals surface area contributed by atoms with Crippen LogP contribution >= 0.6 is 0 Å². The molecule has 0 saturated heterocycles. The van der Waals surface area contributed by atoms with E-state index in [-0.39, 0.29) is 17.9 Å². The van der Waals surface area contributed by atoms with Crippen LogP contribution in [0.25, 0.3) is 0 Å². The third-order valence-electron chi connectivity index (χ3n) is 6.07. The predicted molar refractivity (Wildman–Crippen MR) is 130 cm³/mol. The van der Waals surface area contributed by atoms with E-state index >= 15 is 0 Å². The molecule has 1 atom stereocenters. The normalized spacial score (nSPS) is 17.4. The minimum absolute atomic E-state index is 0.00917. The number of para-hydroxylation sites is 1. The maximum absolute atomic E-state index is 13.6. The molecule has 1 aliphatic heterocycles. The number of hydrogen-bond acceptors (Lipinski definition) is 3. The molecule has 3 aromatic carbocycles. The molecule has 0 unspecified atom stereocenters. The average Bonchev–Trinajstić information content (AvgIpc) is 2.86. The molecule has 1 aliphatic rings. The second-order valence-corrected chi connectivity index (χ2v) is 8.45. The molecule has 0 aliphatic carbocycles. The summed E-state index contributed by atoms with van der Waals surface area (Å²) in [6, 6.07) is 26.8. The van der Waals surface area contributed by atoms with E-state index in [4.69, 9.17) is 4.74 Å². The third kappa shape index (κ3) is 5.61. The van der Waals surface area contributed by atoms with E-state index < -0.39 is 0 Å². The fourth-order valence-corrected chi connectivity index (χ4v) is 4.24. The maximum atomic E-state index is 13.6. The van der Waals surface area contributed by atoms with Gasteiger partial charge in [-0.1, -0.05) is 60.7 Å². The van der Waals surface area contributed by atoms with Gasteiger partial charge < -0.3 is 14.5 Å². The average molecular weight is 443 g/mol. The number of fused-ring (bicyclic) bond motifs is 1. The van der Waals surface area contributed by atoms with Gasteiger partial charge in [0, 0.05) is 25.7 Å². The molecule has 3 aromatic rings. The fraction of sp³-hybridized carbons (Fsp3) is 0.286. The van der Waals surface area contributed by atoms with Crippen LogP contribution in [0.2, 0.25) is 0 Å². The van der Waals surface area contributed by atoms with Gasteiger partial charge in [-0.25, -0.2) is 0 Å². The Bertz CT molecular complexity index is 1070. The lowest BCUT2D eigenvalue weighted by Crippen LogP contribution is -2.46. The molecule has 33 heavy (non-hydrogen) atoms. The Morgan fingerprint density at radius 3 is 2.27 bits per heavy atom. The Morgan fingerprint density at radius 1 is 0.879 bits per heavy atom. The highest BCUT2D eigenvalue weighted by molar-refractivity contribution is 5.97. The van der Waals surface area contributed by atoms with Crippen LogP contribution < -0.4 is 4.74 Å². The van der Waals surface area contributed by atoms with Crippen LogP contribution in [0.1, 0.15) is 39.1 Å². The second kappa shape index (κ2) is 10.8. The summed E-state index contributed by atoms with van der Waals surface area (Å²) >= 11 is 0. The number of benzene rings is 3. The van der Waals surface area contributed by atoms with Gasteiger partial charge in [0.05, 0.1) is 11.6 Å². The molecule has 2 amide bonds. The Labute approximate surface area is 195 Å². The summed E-state index contributed by atoms with van der Waals surface area (Å²) in [6.45, 7) is 1.55. The van der Waals surface area contributed by atoms with Crippen molar-refractivity contribution in [2.45, 2.75) is 25.3 Å². The van der Waals surface area contributed by atoms with E-state index in [1.54, 1.807) is 11.0 Å². The van der Waals surface area contributed by atoms with E-state index in [0.29, 0.717) is 43.0 Å². The first-order chi connectivity index (χ1) is 16.1. The zero-order chi connectivity index (χ0) is 23.0. The monoisotopic (exact) mass is 442 g/mol. The topological polar surface area (TPSA) is 49.9 Å². The van der Waals surface area contributed by atoms with Gasteiger partial charge in [-0.3, -0.25) is 9.59 Å². The van der Waals surface area contributed by atoms with Crippen LogP contribution in [0.3, 0.4) is 0 Å². The van der Waals surface area contributed by atoms with Crippen molar-refractivity contribution in [1.29, 1.82) is 0 Å². The van der Waals surface area contributed by atoms with Crippen molar-refractivity contribution in [2.75, 3.05) is 26.7 Å². The largest absolute Gasteiger partial charge is 0.491 e. The first-order valence-corrected chi connectivity index (χ1v) is 11.5. The number of ether oxygens (including phenoxy) is 1. The van der Waals surface area contributed by atoms with Crippen molar-refractivity contribution in [2.24, 2.45) is 0 Å². The molecule has 0 saturated carbocycles. The number of amides is 2. The van der Waals surface area contributed by atoms with Crippen molar-refractivity contribution in [1.82, 2.24) is 9.80 Å². The summed E-state index contributed by atoms with van der Waals surface area (Å²) in [5, 5.41) is 0. The van der Waals surface area contributed by atoms with Gasteiger partial charge in [-0.2, -0.15) is 0 Å². The van der Waals surface area contributed by atoms with Crippen LogP contribution in [0.15, 0.2) is 84.9 Å². The van der Waals surface area contributed by atoms with Crippen molar-refractivity contribution < 1.29 is 14.3 Å². The van der Waals surface area contributed by atoms with Gasteiger partial charge >= 0.3 is 0 Å². The van der Waals surface area contributed by atoms with Gasteiger partial charge in [0.25, 0.3) is 11.8 Å². The third-order valence-corrected chi connectivity index (χ3v) is 6.07. The SMILES string of the molecule is CN1CCCCN(C(=O)c2ccccc2)[C@H](Cc2ccccc2)COc2ccccc2C1=O. The van der Waals surface area contributed by atoms with Gasteiger partial charge in [0.15, 0.2) is 0 Å². The summed E-state index contributed by atoms with van der Waals surface area (Å²) in [4.78, 5) is 30.2. The number of carbonyl (C=O) groups is 2. The van der Waals surface area contributed by atoms with Gasteiger partial charge in [-0.05, 0) is 49.1 Å². The lowest BCUT2D eigenvalue weighted by Gasteiger charge is -2.33. The minimum Gasteiger partial charge on any atom is -0.491 e. The molecule has 170 valence electrons. The highest BCUT2D eigenvalue weighted by atomic mass is 16.5. The molecule has 0 aromatic heterocycles. The smallest absolute Gasteiger partial charge is 0.257 e. The summed E-state index contributed by atoms with van der Waals surface area (Å²) in [6.07, 6.45) is 2.31. The predicted octanol–water partition coefficient (Wildman–Crippen LogP) is 4.68. The minimum atomic E-state index is -0.166. The number of hydrogen-bond donors (Lipinski definition) is 0. The van der Waals surface area contributed by atoms with E-state index in [2.05, 4.69) is 12.1 Å². The van der Waals surface area contributed by atoms with E-state index in [0.717, 1.165) is 18.4 Å². The molecular weight excluding hydrogens is 412 g/mol. The van der Waals surface area contributed by atoms with Crippen LogP contribution in [0.4, 0.5) is 0 Å². The molecule has 5 heteroatoms. The lowest BCUT2D eigenvalue weighted by atomic mass is 10.0. The molecule has 0 N–H and O–H groups in total. The Morgan fingerprint density at radius 2 is 1.52 bits per heavy atom. The van der Waals surface area contributed by atoms with Crippen molar-refractivity contribution >= 4 is 11.8 Å². The zero-order valence-electron chi connectivity index (χ0n) is 19.0. The fourth-order valence-electron chi connectivity index (χ4n) is 4.24. The standard InChI is InChI=1S/C28H30N2O3/c1-29-18-10-11-19-30(27(31)23-14-6-3-7-15-23)24(20-22-12-4-2-5-13-22)21-33-26-17-9-8-16-25(26)28(29)32/h2-9,12-17,24H,10-11,18-21H2,1H3/t24-/m1/s1. The summed E-state index contributed by atoms with van der Waals surface area (Å²) < 4.78 is 6.24. The number of rotatable bonds is 3. The van der Waals surface area contributed by atoms with Crippen molar-refractivity contribution in [3.8, 4) is 5.75 Å². The zero-order valence-corrected chi connectivity index (χ0v) is 19.0. The molecule has 5 nitrogen and oxygen atoms in total. The van der Waals surface area contributed by atoms with Crippen molar-refractivity contribution in [3.05, 3.63) is 102 Å². The first kappa shape index (κ1) is 22.6. The molecule has 4 rings (SSSR count). The van der Waals surface area contributed by atoms with Crippen molar-refractivity contribution in [3.63, 3.8) is 0 Å². The lowest BCUT2D eigenvalue weighted by molar-refractivity contribution is 0.0590. The van der Waals surface area contributed by atoms with Crippen LogP contribution in [0, 0.1) is 0 Å². The molecule has 0 spiro atoms. The summed E-state index contributed by atoms with van der Waals surface area (Å²) in [5.41, 5.74) is 2.38. The molecule has 0 radical (unpaired) electrons. The van der Waals surface area contributed by atoms with Crippen LogP contribution in [-0.4, -0.2) is 54.4 Å². The molecule has 0 fully saturated rings. The number of nitrogens with zero attached hydrogens (tertiary/aromatic N) is 2. The van der Waals surface area contributed by atoms with Gasteiger partial charge in [0.1, 0.15) is 12.4 Å². The molecular formula is C28H30N2O3. The van der Waals surface area contributed by atoms with Crippen LogP contribution in [-0.2, 0) is 6.42 Å².